The van der Waals surface area contributed by atoms with Crippen LogP contribution in [0.5, 0.6) is 11.5 Å². The molecule has 0 fully saturated rings. The van der Waals surface area contributed by atoms with E-state index in [1.54, 1.807) is 15.9 Å². The summed E-state index contributed by atoms with van der Waals surface area (Å²) in [4.78, 5) is 18.5. The van der Waals surface area contributed by atoms with Crippen LogP contribution in [0.15, 0.2) is 55.1 Å². The van der Waals surface area contributed by atoms with Gasteiger partial charge in [0.05, 0.1) is 11.7 Å². The normalized spacial score (nSPS) is 13.2. The number of rotatable bonds is 6. The minimum atomic E-state index is -0.127. The predicted molar refractivity (Wildman–Crippen MR) is 107 cm³/mol. The summed E-state index contributed by atoms with van der Waals surface area (Å²) in [5.41, 5.74) is 2.93. The molecule has 8 heteroatoms. The highest BCUT2D eigenvalue weighted by Crippen LogP contribution is 2.32. The van der Waals surface area contributed by atoms with Gasteiger partial charge in [-0.1, -0.05) is 18.2 Å². The maximum absolute atomic E-state index is 12.8. The van der Waals surface area contributed by atoms with Gasteiger partial charge in [-0.25, -0.2) is 14.5 Å². The van der Waals surface area contributed by atoms with E-state index in [4.69, 9.17) is 9.47 Å². The van der Waals surface area contributed by atoms with Crippen molar-refractivity contribution in [2.45, 2.75) is 26.4 Å². The zero-order valence-corrected chi connectivity index (χ0v) is 16.4. The van der Waals surface area contributed by atoms with Crippen LogP contribution in [0.1, 0.15) is 31.0 Å². The molecule has 29 heavy (non-hydrogen) atoms. The zero-order valence-electron chi connectivity index (χ0n) is 16.4. The fourth-order valence-electron chi connectivity index (χ4n) is 3.20. The van der Waals surface area contributed by atoms with Crippen LogP contribution in [-0.2, 0) is 6.54 Å². The van der Waals surface area contributed by atoms with Crippen molar-refractivity contribution in [1.82, 2.24) is 25.0 Å². The van der Waals surface area contributed by atoms with Gasteiger partial charge in [0.15, 0.2) is 11.5 Å². The molecular weight excluding hydrogens is 370 g/mol. The Kier molecular flexibility index (Phi) is 5.33. The Morgan fingerprint density at radius 1 is 1.21 bits per heavy atom. The highest BCUT2D eigenvalue weighted by molar-refractivity contribution is 5.74. The van der Waals surface area contributed by atoms with Crippen molar-refractivity contribution in [3.05, 3.63) is 66.2 Å². The summed E-state index contributed by atoms with van der Waals surface area (Å²) >= 11 is 0. The number of carbonyl (C=O) groups is 1. The second kappa shape index (κ2) is 8.22. The van der Waals surface area contributed by atoms with Crippen LogP contribution in [0.3, 0.4) is 0 Å². The highest BCUT2D eigenvalue weighted by atomic mass is 16.7. The van der Waals surface area contributed by atoms with Gasteiger partial charge in [0.1, 0.15) is 12.7 Å². The van der Waals surface area contributed by atoms with Crippen molar-refractivity contribution < 1.29 is 14.3 Å². The first kappa shape index (κ1) is 18.8. The van der Waals surface area contributed by atoms with E-state index in [2.05, 4.69) is 15.4 Å². The van der Waals surface area contributed by atoms with Gasteiger partial charge < -0.3 is 19.7 Å². The SMILES string of the molecule is CCN(Cc1ccc2c(c1)OCO2)C(=O)NC(C)c1ccc(-n2cncn2)cc1. The summed E-state index contributed by atoms with van der Waals surface area (Å²) in [6.07, 6.45) is 3.14. The molecule has 0 saturated heterocycles. The van der Waals surface area contributed by atoms with Crippen LogP contribution in [-0.4, -0.2) is 39.0 Å². The number of amides is 2. The van der Waals surface area contributed by atoms with Crippen molar-refractivity contribution in [2.75, 3.05) is 13.3 Å². The monoisotopic (exact) mass is 393 g/mol. The van der Waals surface area contributed by atoms with Crippen LogP contribution in [0.4, 0.5) is 4.79 Å². The van der Waals surface area contributed by atoms with Gasteiger partial charge in [0, 0.05) is 13.1 Å². The lowest BCUT2D eigenvalue weighted by Crippen LogP contribution is -2.40. The third kappa shape index (κ3) is 4.16. The molecule has 150 valence electrons. The summed E-state index contributed by atoms with van der Waals surface area (Å²) in [7, 11) is 0. The molecule has 0 aliphatic carbocycles. The first-order valence-corrected chi connectivity index (χ1v) is 9.53. The Morgan fingerprint density at radius 3 is 2.72 bits per heavy atom. The van der Waals surface area contributed by atoms with Gasteiger partial charge in [-0.15, -0.1) is 0 Å². The second-order valence-electron chi connectivity index (χ2n) is 6.80. The predicted octanol–water partition coefficient (Wildman–Crippen LogP) is 3.29. The van der Waals surface area contributed by atoms with Gasteiger partial charge in [-0.3, -0.25) is 0 Å². The number of benzene rings is 2. The van der Waals surface area contributed by atoms with E-state index in [0.717, 1.165) is 28.3 Å². The molecule has 0 spiro atoms. The maximum Gasteiger partial charge on any atom is 0.318 e. The largest absolute Gasteiger partial charge is 0.454 e. The third-order valence-corrected chi connectivity index (χ3v) is 4.90. The minimum absolute atomic E-state index is 0.113. The average molecular weight is 393 g/mol. The quantitative estimate of drug-likeness (QED) is 0.695. The number of aromatic nitrogens is 3. The molecule has 2 aromatic carbocycles. The molecule has 1 aliphatic rings. The molecule has 1 atom stereocenters. The molecule has 2 heterocycles. The van der Waals surface area contributed by atoms with Crippen LogP contribution in [0.25, 0.3) is 5.69 Å². The highest BCUT2D eigenvalue weighted by Gasteiger charge is 2.18. The first-order chi connectivity index (χ1) is 14.1. The summed E-state index contributed by atoms with van der Waals surface area (Å²) < 4.78 is 12.5. The first-order valence-electron chi connectivity index (χ1n) is 9.53. The third-order valence-electron chi connectivity index (χ3n) is 4.90. The molecule has 3 aromatic rings. The van der Waals surface area contributed by atoms with Gasteiger partial charge >= 0.3 is 6.03 Å². The summed E-state index contributed by atoms with van der Waals surface area (Å²) in [6.45, 7) is 5.26. The molecule has 4 rings (SSSR count). The van der Waals surface area contributed by atoms with E-state index in [0.29, 0.717) is 13.1 Å². The summed E-state index contributed by atoms with van der Waals surface area (Å²) in [6, 6.07) is 13.4. The van der Waals surface area contributed by atoms with Crippen molar-refractivity contribution in [3.8, 4) is 17.2 Å². The van der Waals surface area contributed by atoms with Gasteiger partial charge in [-0.2, -0.15) is 5.10 Å². The van der Waals surface area contributed by atoms with E-state index in [1.807, 2.05) is 56.3 Å². The van der Waals surface area contributed by atoms with Crippen molar-refractivity contribution >= 4 is 6.03 Å². The van der Waals surface area contributed by atoms with Gasteiger partial charge in [-0.05, 0) is 49.2 Å². The number of nitrogens with one attached hydrogen (secondary N) is 1. The number of nitrogens with zero attached hydrogens (tertiary/aromatic N) is 4. The van der Waals surface area contributed by atoms with Crippen LogP contribution >= 0.6 is 0 Å². The Morgan fingerprint density at radius 2 is 2.00 bits per heavy atom. The lowest BCUT2D eigenvalue weighted by atomic mass is 10.1. The van der Waals surface area contributed by atoms with Gasteiger partial charge in [0.25, 0.3) is 0 Å². The van der Waals surface area contributed by atoms with E-state index in [-0.39, 0.29) is 18.9 Å². The van der Waals surface area contributed by atoms with Crippen molar-refractivity contribution in [3.63, 3.8) is 0 Å². The number of hydrogen-bond acceptors (Lipinski definition) is 5. The lowest BCUT2D eigenvalue weighted by Gasteiger charge is -2.24. The Bertz CT molecular complexity index is 972. The molecular formula is C21H23N5O3. The number of ether oxygens (including phenoxy) is 2. The Hall–Kier alpha value is -3.55. The Labute approximate surface area is 169 Å². The lowest BCUT2D eigenvalue weighted by molar-refractivity contribution is 0.173. The molecule has 0 radical (unpaired) electrons. The fourth-order valence-corrected chi connectivity index (χ4v) is 3.20. The van der Waals surface area contributed by atoms with E-state index in [9.17, 15) is 4.79 Å². The maximum atomic E-state index is 12.8. The Balaban J connectivity index is 1.39. The summed E-state index contributed by atoms with van der Waals surface area (Å²) in [5, 5.41) is 7.19. The number of fused-ring (bicyclic) bond motifs is 1. The molecule has 0 bridgehead atoms. The van der Waals surface area contributed by atoms with Crippen molar-refractivity contribution in [1.29, 1.82) is 0 Å². The van der Waals surface area contributed by atoms with E-state index >= 15 is 0 Å². The zero-order chi connectivity index (χ0) is 20.2. The smallest absolute Gasteiger partial charge is 0.318 e. The van der Waals surface area contributed by atoms with Crippen molar-refractivity contribution in [2.24, 2.45) is 0 Å². The molecule has 1 aliphatic heterocycles. The number of carbonyl (C=O) groups excluding carboxylic acids is 1. The molecule has 8 nitrogen and oxygen atoms in total. The molecule has 1 unspecified atom stereocenters. The van der Waals surface area contributed by atoms with E-state index < -0.39 is 0 Å². The average Bonchev–Trinajstić information content (AvgIpc) is 3.43. The van der Waals surface area contributed by atoms with Gasteiger partial charge in [0.2, 0.25) is 6.79 Å². The number of hydrogen-bond donors (Lipinski definition) is 1. The van der Waals surface area contributed by atoms with Crippen LogP contribution < -0.4 is 14.8 Å². The second-order valence-corrected chi connectivity index (χ2v) is 6.80. The molecule has 0 saturated carbocycles. The number of urea groups is 1. The van der Waals surface area contributed by atoms with E-state index in [1.165, 1.54) is 6.33 Å². The molecule has 1 aromatic heterocycles. The van der Waals surface area contributed by atoms with Crippen LogP contribution in [0, 0.1) is 0 Å². The summed E-state index contributed by atoms with van der Waals surface area (Å²) in [5.74, 6) is 1.46. The molecule has 1 N–H and O–H groups in total. The molecule has 2 amide bonds. The topological polar surface area (TPSA) is 81.5 Å². The standard InChI is InChI=1S/C21H23N5O3/c1-3-25(11-16-4-9-19-20(10-16)29-14-28-19)21(27)24-15(2)17-5-7-18(8-6-17)26-13-22-12-23-26/h4-10,12-13,15H,3,11,14H2,1-2H3,(H,24,27). The minimum Gasteiger partial charge on any atom is -0.454 e. The fraction of sp³-hybridized carbons (Fsp3) is 0.286. The van der Waals surface area contributed by atoms with Crippen LogP contribution in [0.2, 0.25) is 0 Å².